The van der Waals surface area contributed by atoms with Crippen molar-refractivity contribution in [3.8, 4) is 0 Å². The first-order valence-electron chi connectivity index (χ1n) is 9.03. The quantitative estimate of drug-likeness (QED) is 0.503. The van der Waals surface area contributed by atoms with Gasteiger partial charge in [0, 0.05) is 51.9 Å². The number of amides is 4. The van der Waals surface area contributed by atoms with Gasteiger partial charge in [-0.1, -0.05) is 5.56 Å². The van der Waals surface area contributed by atoms with Crippen LogP contribution in [0.25, 0.3) is 0 Å². The maximum atomic E-state index is 12.8. The van der Waals surface area contributed by atoms with Crippen molar-refractivity contribution in [1.82, 2.24) is 15.2 Å². The predicted molar refractivity (Wildman–Crippen MR) is 99.4 cm³/mol. The Morgan fingerprint density at radius 2 is 2.20 bits per heavy atom. The van der Waals surface area contributed by atoms with Gasteiger partial charge >= 0.3 is 6.09 Å². The number of hydrogen-bond donors (Lipinski definition) is 2. The molecule has 1 saturated heterocycles. The van der Waals surface area contributed by atoms with Crippen molar-refractivity contribution in [3.63, 3.8) is 0 Å². The molecule has 2 N–H and O–H groups in total. The number of anilines is 1. The number of ether oxygens (including phenoxy) is 1. The molecule has 4 rings (SSSR count). The molecular formula is C20H17N4O5Y-. The van der Waals surface area contributed by atoms with Crippen LogP contribution in [-0.2, 0) is 60.2 Å². The van der Waals surface area contributed by atoms with E-state index in [4.69, 9.17) is 4.74 Å². The molecule has 1 fully saturated rings. The third-order valence-electron chi connectivity index (χ3n) is 4.78. The molecule has 1 aromatic carbocycles. The Morgan fingerprint density at radius 1 is 1.37 bits per heavy atom. The van der Waals surface area contributed by atoms with Gasteiger partial charge in [-0.3, -0.25) is 30.0 Å². The van der Waals surface area contributed by atoms with E-state index < -0.39 is 18.0 Å². The Balaban J connectivity index is 0.00000256. The summed E-state index contributed by atoms with van der Waals surface area (Å²) in [7, 11) is 0. The third-order valence-corrected chi connectivity index (χ3v) is 4.78. The standard InChI is InChI=1S/C20H17N4O5.Y/c25-17-6-5-16(18(26)23-17)24-10-13-4-3-12(8-15(13)19(24)27)11-29-20(28)22-14-2-1-7-21-9-14;/h1-2,4,7-9,16H,5-6,10-11H2,(H,22,28)(H,23,25,26);/q-1;. The van der Waals surface area contributed by atoms with E-state index in [0.29, 0.717) is 23.2 Å². The molecule has 2 aromatic rings. The minimum absolute atomic E-state index is 0. The molecule has 30 heavy (non-hydrogen) atoms. The van der Waals surface area contributed by atoms with Crippen molar-refractivity contribution in [2.45, 2.75) is 32.0 Å². The van der Waals surface area contributed by atoms with Crippen LogP contribution in [-0.4, -0.2) is 39.7 Å². The largest absolute Gasteiger partial charge is 0.447 e. The van der Waals surface area contributed by atoms with Crippen LogP contribution in [0, 0.1) is 6.07 Å². The Kier molecular flexibility index (Phi) is 6.94. The van der Waals surface area contributed by atoms with Crippen LogP contribution in [0.4, 0.5) is 10.5 Å². The normalized spacial score (nSPS) is 17.7. The van der Waals surface area contributed by atoms with Gasteiger partial charge in [-0.25, -0.2) is 4.79 Å². The average Bonchev–Trinajstić information content (AvgIpc) is 3.03. The molecule has 151 valence electrons. The molecular weight excluding hydrogens is 465 g/mol. The molecule has 10 heteroatoms. The number of nitrogens with zero attached hydrogens (tertiary/aromatic N) is 2. The number of aromatic nitrogens is 1. The first kappa shape index (κ1) is 22.0. The zero-order valence-corrected chi connectivity index (χ0v) is 18.7. The summed E-state index contributed by atoms with van der Waals surface area (Å²) in [6.07, 6.45) is 2.94. The number of benzene rings is 1. The van der Waals surface area contributed by atoms with E-state index in [1.807, 2.05) is 0 Å². The van der Waals surface area contributed by atoms with Gasteiger partial charge in [0.2, 0.25) is 17.7 Å². The first-order valence-corrected chi connectivity index (χ1v) is 9.03. The maximum Gasteiger partial charge on any atom is 0.411 e. The molecule has 2 aliphatic heterocycles. The fraction of sp³-hybridized carbons (Fsp3) is 0.250. The van der Waals surface area contributed by atoms with Gasteiger partial charge in [-0.15, -0.1) is 11.1 Å². The van der Waals surface area contributed by atoms with Crippen molar-refractivity contribution in [1.29, 1.82) is 0 Å². The molecule has 0 bridgehead atoms. The van der Waals surface area contributed by atoms with E-state index in [9.17, 15) is 19.2 Å². The SMILES string of the molecule is O=C1CCC(N2Cc3c[c-]c(COC(=O)Nc4cccnc4)cc3C2=O)C(=O)N1.[Y]. The van der Waals surface area contributed by atoms with Crippen molar-refractivity contribution >= 4 is 29.5 Å². The van der Waals surface area contributed by atoms with Crippen LogP contribution >= 0.6 is 0 Å². The molecule has 0 aliphatic carbocycles. The Bertz CT molecular complexity index is 998. The van der Waals surface area contributed by atoms with Crippen LogP contribution in [0.2, 0.25) is 0 Å². The number of nitrogens with one attached hydrogen (secondary N) is 2. The summed E-state index contributed by atoms with van der Waals surface area (Å²) >= 11 is 0. The van der Waals surface area contributed by atoms with Gasteiger partial charge < -0.3 is 9.64 Å². The predicted octanol–water partition coefficient (Wildman–Crippen LogP) is 1.39. The zero-order valence-electron chi connectivity index (χ0n) is 15.9. The zero-order chi connectivity index (χ0) is 20.4. The smallest absolute Gasteiger partial charge is 0.411 e. The van der Waals surface area contributed by atoms with Gasteiger partial charge in [0.15, 0.2) is 0 Å². The van der Waals surface area contributed by atoms with E-state index >= 15 is 0 Å². The van der Waals surface area contributed by atoms with Crippen LogP contribution in [0.5, 0.6) is 0 Å². The van der Waals surface area contributed by atoms with E-state index in [-0.39, 0.29) is 64.1 Å². The van der Waals surface area contributed by atoms with Crippen LogP contribution in [0.3, 0.4) is 0 Å². The minimum Gasteiger partial charge on any atom is -0.447 e. The van der Waals surface area contributed by atoms with Crippen molar-refractivity contribution < 1.29 is 56.6 Å². The third kappa shape index (κ3) is 4.74. The van der Waals surface area contributed by atoms with Gasteiger partial charge in [0.05, 0.1) is 18.5 Å². The molecule has 3 heterocycles. The van der Waals surface area contributed by atoms with E-state index in [1.165, 1.54) is 11.1 Å². The average molecular weight is 482 g/mol. The van der Waals surface area contributed by atoms with Crippen molar-refractivity contribution in [2.75, 3.05) is 5.32 Å². The number of imide groups is 1. The van der Waals surface area contributed by atoms with E-state index in [0.717, 1.165) is 5.56 Å². The van der Waals surface area contributed by atoms with E-state index in [1.54, 1.807) is 30.5 Å². The summed E-state index contributed by atoms with van der Waals surface area (Å²) in [4.78, 5) is 53.4. The van der Waals surface area contributed by atoms with Gasteiger partial charge in [-0.2, -0.15) is 18.2 Å². The van der Waals surface area contributed by atoms with Crippen LogP contribution in [0.1, 0.15) is 34.3 Å². The van der Waals surface area contributed by atoms with Gasteiger partial charge in [0.25, 0.3) is 0 Å². The Labute approximate surface area is 197 Å². The number of hydrogen-bond acceptors (Lipinski definition) is 6. The molecule has 1 aromatic heterocycles. The minimum atomic E-state index is -0.669. The second-order valence-corrected chi connectivity index (χ2v) is 6.74. The molecule has 2 aliphatic rings. The second kappa shape index (κ2) is 9.44. The number of piperidine rings is 1. The summed E-state index contributed by atoms with van der Waals surface area (Å²) in [5, 5.41) is 4.82. The summed E-state index contributed by atoms with van der Waals surface area (Å²) < 4.78 is 5.16. The first-order chi connectivity index (χ1) is 14.0. The summed E-state index contributed by atoms with van der Waals surface area (Å²) in [6, 6.07) is 8.97. The van der Waals surface area contributed by atoms with Gasteiger partial charge in [0.1, 0.15) is 6.04 Å². The fourth-order valence-corrected chi connectivity index (χ4v) is 3.35. The molecule has 4 amide bonds. The van der Waals surface area contributed by atoms with Gasteiger partial charge in [-0.05, 0) is 18.6 Å². The number of carbonyl (C=O) groups is 4. The Hall–Kier alpha value is -2.65. The topological polar surface area (TPSA) is 118 Å². The molecule has 1 atom stereocenters. The molecule has 1 unspecified atom stereocenters. The fourth-order valence-electron chi connectivity index (χ4n) is 3.35. The summed E-state index contributed by atoms with van der Waals surface area (Å²) in [5.74, 6) is -1.07. The molecule has 9 nitrogen and oxygen atoms in total. The number of carbonyl (C=O) groups excluding carboxylic acids is 4. The van der Waals surface area contributed by atoms with Crippen LogP contribution < -0.4 is 10.6 Å². The number of pyridine rings is 1. The van der Waals surface area contributed by atoms with Crippen LogP contribution in [0.15, 0.2) is 36.7 Å². The second-order valence-electron chi connectivity index (χ2n) is 6.74. The van der Waals surface area contributed by atoms with E-state index in [2.05, 4.69) is 21.7 Å². The molecule has 0 spiro atoms. The molecule has 0 saturated carbocycles. The Morgan fingerprint density at radius 3 is 2.93 bits per heavy atom. The van der Waals surface area contributed by atoms with Crippen molar-refractivity contribution in [3.05, 3.63) is 59.4 Å². The summed E-state index contributed by atoms with van der Waals surface area (Å²) in [6.45, 7) is 0.213. The number of fused-ring (bicyclic) bond motifs is 1. The maximum absolute atomic E-state index is 12.8. The monoisotopic (exact) mass is 482 g/mol. The number of rotatable bonds is 4. The van der Waals surface area contributed by atoms with Crippen molar-refractivity contribution in [2.24, 2.45) is 0 Å². The summed E-state index contributed by atoms with van der Waals surface area (Å²) in [5.41, 5.74) is 2.22. The molecule has 1 radical (unpaired) electrons.